The van der Waals surface area contributed by atoms with E-state index in [-0.39, 0.29) is 5.92 Å². The summed E-state index contributed by atoms with van der Waals surface area (Å²) < 4.78 is 5.89. The SMILES string of the molecule is C=Cc1ccc(C(C(=C(C)C)C(C)(C)O)/C(C(=C)OCC)=C(\C)C(=C)C)c(C)c1. The molecule has 0 saturated heterocycles. The van der Waals surface area contributed by atoms with E-state index in [1.54, 1.807) is 0 Å². The minimum absolute atomic E-state index is 0.199. The zero-order valence-corrected chi connectivity index (χ0v) is 19.6. The van der Waals surface area contributed by atoms with Gasteiger partial charge in [-0.1, -0.05) is 55.2 Å². The molecule has 0 aliphatic rings. The van der Waals surface area contributed by atoms with Crippen LogP contribution in [0.1, 0.15) is 71.1 Å². The van der Waals surface area contributed by atoms with Gasteiger partial charge in [-0.3, -0.25) is 0 Å². The van der Waals surface area contributed by atoms with E-state index >= 15 is 0 Å². The number of aryl methyl sites for hydroxylation is 1. The van der Waals surface area contributed by atoms with Crippen LogP contribution < -0.4 is 0 Å². The first-order chi connectivity index (χ1) is 13.4. The average molecular weight is 395 g/mol. The molecule has 0 bridgehead atoms. The quantitative estimate of drug-likeness (QED) is 0.271. The van der Waals surface area contributed by atoms with E-state index in [2.05, 4.69) is 51.8 Å². The third-order valence-electron chi connectivity index (χ3n) is 5.28. The van der Waals surface area contributed by atoms with Crippen molar-refractivity contribution in [2.24, 2.45) is 0 Å². The summed E-state index contributed by atoms with van der Waals surface area (Å²) in [5, 5.41) is 11.2. The smallest absolute Gasteiger partial charge is 0.116 e. The molecule has 1 aromatic carbocycles. The van der Waals surface area contributed by atoms with Crippen molar-refractivity contribution in [1.29, 1.82) is 0 Å². The van der Waals surface area contributed by atoms with Crippen LogP contribution >= 0.6 is 0 Å². The van der Waals surface area contributed by atoms with Gasteiger partial charge in [-0.2, -0.15) is 0 Å². The zero-order chi connectivity index (χ0) is 22.5. The summed E-state index contributed by atoms with van der Waals surface area (Å²) >= 11 is 0. The van der Waals surface area contributed by atoms with Gasteiger partial charge in [-0.05, 0) is 83.2 Å². The van der Waals surface area contributed by atoms with E-state index in [0.717, 1.165) is 44.6 Å². The van der Waals surface area contributed by atoms with Gasteiger partial charge in [0.25, 0.3) is 0 Å². The number of rotatable bonds is 9. The van der Waals surface area contributed by atoms with E-state index in [9.17, 15) is 5.11 Å². The normalized spacial score (nSPS) is 13.3. The first-order valence-electron chi connectivity index (χ1n) is 10.2. The minimum Gasteiger partial charge on any atom is -0.494 e. The molecule has 0 amide bonds. The highest BCUT2D eigenvalue weighted by Crippen LogP contribution is 2.45. The predicted octanol–water partition coefficient (Wildman–Crippen LogP) is 7.27. The Labute approximate surface area is 178 Å². The highest BCUT2D eigenvalue weighted by Gasteiger charge is 2.35. The van der Waals surface area contributed by atoms with Crippen molar-refractivity contribution < 1.29 is 9.84 Å². The minimum atomic E-state index is -1.01. The van der Waals surface area contributed by atoms with Gasteiger partial charge in [0.2, 0.25) is 0 Å². The number of ether oxygens (including phenoxy) is 1. The standard InChI is InChI=1S/C27H38O2/c1-12-22-14-15-23(19(7)16-22)25(26(18(5)6)27(10,11)28)24(20(8)17(3)4)21(9)29-13-2/h12,14-16,25,28H,1,3,9,13H2,2,4-8,10-11H3/b24-20+. The molecule has 158 valence electrons. The Hall–Kier alpha value is -2.32. The van der Waals surface area contributed by atoms with E-state index in [1.165, 1.54) is 0 Å². The number of aliphatic hydroxyl groups is 1. The first-order valence-corrected chi connectivity index (χ1v) is 10.2. The molecule has 1 N–H and O–H groups in total. The molecule has 0 aliphatic carbocycles. The van der Waals surface area contributed by atoms with Gasteiger partial charge in [0.15, 0.2) is 0 Å². The monoisotopic (exact) mass is 394 g/mol. The maximum absolute atomic E-state index is 11.2. The molecule has 2 nitrogen and oxygen atoms in total. The van der Waals surface area contributed by atoms with Gasteiger partial charge in [0.05, 0.1) is 12.2 Å². The molecule has 0 aliphatic heterocycles. The summed E-state index contributed by atoms with van der Waals surface area (Å²) in [4.78, 5) is 0. The molecule has 1 aromatic rings. The molecule has 0 fully saturated rings. The lowest BCUT2D eigenvalue weighted by Crippen LogP contribution is -2.30. The van der Waals surface area contributed by atoms with Crippen LogP contribution in [0.25, 0.3) is 6.08 Å². The number of hydrogen-bond donors (Lipinski definition) is 1. The third-order valence-corrected chi connectivity index (χ3v) is 5.28. The Morgan fingerprint density at radius 2 is 1.76 bits per heavy atom. The highest BCUT2D eigenvalue weighted by molar-refractivity contribution is 5.57. The van der Waals surface area contributed by atoms with Crippen molar-refractivity contribution in [3.8, 4) is 0 Å². The Bertz CT molecular complexity index is 853. The van der Waals surface area contributed by atoms with Gasteiger partial charge >= 0.3 is 0 Å². The fourth-order valence-electron chi connectivity index (χ4n) is 3.93. The maximum atomic E-state index is 11.2. The Morgan fingerprint density at radius 3 is 2.14 bits per heavy atom. The van der Waals surface area contributed by atoms with Gasteiger partial charge in [0.1, 0.15) is 5.76 Å². The second-order valence-corrected chi connectivity index (χ2v) is 8.40. The lowest BCUT2D eigenvalue weighted by atomic mass is 9.72. The largest absolute Gasteiger partial charge is 0.494 e. The lowest BCUT2D eigenvalue weighted by molar-refractivity contribution is 0.112. The van der Waals surface area contributed by atoms with Crippen LogP contribution in [0.15, 0.2) is 71.6 Å². The molecule has 1 atom stereocenters. The van der Waals surface area contributed by atoms with E-state index in [4.69, 9.17) is 4.74 Å². The fourth-order valence-corrected chi connectivity index (χ4v) is 3.93. The maximum Gasteiger partial charge on any atom is 0.116 e. The average Bonchev–Trinajstić information content (AvgIpc) is 2.59. The third kappa shape index (κ3) is 5.83. The number of benzene rings is 1. The van der Waals surface area contributed by atoms with Crippen LogP contribution in [-0.2, 0) is 4.74 Å². The van der Waals surface area contributed by atoms with E-state index < -0.39 is 5.60 Å². The Kier molecular flexibility index (Phi) is 8.47. The Morgan fingerprint density at radius 1 is 1.17 bits per heavy atom. The molecule has 0 radical (unpaired) electrons. The van der Waals surface area contributed by atoms with Crippen LogP contribution in [-0.4, -0.2) is 17.3 Å². The molecule has 2 heteroatoms. The van der Waals surface area contributed by atoms with Crippen LogP contribution in [0.5, 0.6) is 0 Å². The van der Waals surface area contributed by atoms with E-state index in [0.29, 0.717) is 12.4 Å². The molecule has 29 heavy (non-hydrogen) atoms. The molecular weight excluding hydrogens is 356 g/mol. The van der Waals surface area contributed by atoms with Crippen molar-refractivity contribution in [2.75, 3.05) is 6.61 Å². The molecule has 0 saturated carbocycles. The van der Waals surface area contributed by atoms with Gasteiger partial charge in [-0.25, -0.2) is 0 Å². The summed E-state index contributed by atoms with van der Waals surface area (Å²) in [5.74, 6) is 0.419. The lowest BCUT2D eigenvalue weighted by Gasteiger charge is -2.35. The van der Waals surface area contributed by atoms with Crippen molar-refractivity contribution in [2.45, 2.75) is 66.9 Å². The van der Waals surface area contributed by atoms with Gasteiger partial charge < -0.3 is 9.84 Å². The Balaban J connectivity index is 4.05. The summed E-state index contributed by atoms with van der Waals surface area (Å²) in [5.41, 5.74) is 7.27. The number of allylic oxidation sites excluding steroid dienone is 4. The molecule has 1 unspecified atom stereocenters. The number of hydrogen-bond acceptors (Lipinski definition) is 2. The van der Waals surface area contributed by atoms with Gasteiger partial charge in [-0.15, -0.1) is 0 Å². The molecule has 0 aromatic heterocycles. The fraction of sp³-hybridized carbons (Fsp3) is 0.407. The second kappa shape index (κ2) is 9.93. The van der Waals surface area contributed by atoms with Crippen LogP contribution in [0.2, 0.25) is 0 Å². The predicted molar refractivity (Wildman–Crippen MR) is 127 cm³/mol. The molecular formula is C27H38O2. The summed E-state index contributed by atoms with van der Waals surface area (Å²) in [6.07, 6.45) is 1.85. The zero-order valence-electron chi connectivity index (χ0n) is 19.6. The highest BCUT2D eigenvalue weighted by atomic mass is 16.5. The van der Waals surface area contributed by atoms with Crippen LogP contribution in [0.3, 0.4) is 0 Å². The second-order valence-electron chi connectivity index (χ2n) is 8.40. The summed E-state index contributed by atoms with van der Waals surface area (Å²) in [7, 11) is 0. The first kappa shape index (κ1) is 24.7. The van der Waals surface area contributed by atoms with Crippen molar-refractivity contribution in [3.05, 3.63) is 88.3 Å². The molecule has 0 heterocycles. The van der Waals surface area contributed by atoms with Crippen LogP contribution in [0, 0.1) is 6.92 Å². The van der Waals surface area contributed by atoms with Crippen LogP contribution in [0.4, 0.5) is 0 Å². The van der Waals surface area contributed by atoms with Gasteiger partial charge in [0, 0.05) is 11.5 Å². The van der Waals surface area contributed by atoms with Crippen molar-refractivity contribution >= 4 is 6.08 Å². The van der Waals surface area contributed by atoms with Crippen molar-refractivity contribution in [1.82, 2.24) is 0 Å². The van der Waals surface area contributed by atoms with Crippen molar-refractivity contribution in [3.63, 3.8) is 0 Å². The summed E-state index contributed by atoms with van der Waals surface area (Å²) in [6, 6.07) is 6.31. The molecule has 1 rings (SSSR count). The van der Waals surface area contributed by atoms with E-state index in [1.807, 2.05) is 47.6 Å². The topological polar surface area (TPSA) is 29.5 Å². The molecule has 0 spiro atoms. The summed E-state index contributed by atoms with van der Waals surface area (Å²) in [6.45, 7) is 28.7.